The van der Waals surface area contributed by atoms with E-state index < -0.39 is 35.2 Å². The Bertz CT molecular complexity index is 1360. The summed E-state index contributed by atoms with van der Waals surface area (Å²) in [6.45, 7) is 0. The number of phenols is 1. The quantitative estimate of drug-likeness (QED) is 0.290. The minimum Gasteiger partial charge on any atom is -0.508 e. The average molecular weight is 499 g/mol. The van der Waals surface area contributed by atoms with Crippen LogP contribution in [0.1, 0.15) is 22.7 Å². The molecule has 0 bridgehead atoms. The lowest BCUT2D eigenvalue weighted by Gasteiger charge is -2.26. The number of ketones is 1. The van der Waals surface area contributed by atoms with E-state index in [4.69, 9.17) is 9.47 Å². The zero-order valence-electron chi connectivity index (χ0n) is 19.0. The van der Waals surface area contributed by atoms with Crippen molar-refractivity contribution in [2.45, 2.75) is 12.2 Å². The third kappa shape index (κ3) is 4.33. The SMILES string of the molecule is COc1ccc(/C(O)=C2\C(=O)C(=O)N(c3cccc(C(F)(F)F)c3)C2c2ccc(O)cc2)cc1OC. The number of ether oxygens (including phenoxy) is 2. The van der Waals surface area contributed by atoms with Crippen LogP contribution in [0, 0.1) is 0 Å². The molecule has 2 N–H and O–H groups in total. The van der Waals surface area contributed by atoms with Gasteiger partial charge in [-0.2, -0.15) is 13.2 Å². The van der Waals surface area contributed by atoms with Crippen molar-refractivity contribution in [1.82, 2.24) is 0 Å². The number of methoxy groups -OCH3 is 2. The molecule has 1 amide bonds. The number of aromatic hydroxyl groups is 1. The molecule has 7 nitrogen and oxygen atoms in total. The van der Waals surface area contributed by atoms with Crippen LogP contribution in [-0.2, 0) is 15.8 Å². The van der Waals surface area contributed by atoms with Gasteiger partial charge in [-0.15, -0.1) is 0 Å². The van der Waals surface area contributed by atoms with E-state index in [1.165, 1.54) is 62.8 Å². The van der Waals surface area contributed by atoms with Crippen LogP contribution in [-0.4, -0.2) is 36.1 Å². The Balaban J connectivity index is 1.94. The fourth-order valence-corrected chi connectivity index (χ4v) is 4.04. The van der Waals surface area contributed by atoms with Gasteiger partial charge in [0.25, 0.3) is 11.7 Å². The first-order chi connectivity index (χ1) is 17.1. The van der Waals surface area contributed by atoms with Gasteiger partial charge in [-0.1, -0.05) is 18.2 Å². The molecule has 10 heteroatoms. The maximum absolute atomic E-state index is 13.4. The fraction of sp³-hybridized carbons (Fsp3) is 0.154. The molecule has 1 atom stereocenters. The van der Waals surface area contributed by atoms with E-state index in [0.29, 0.717) is 5.75 Å². The molecule has 36 heavy (non-hydrogen) atoms. The number of amides is 1. The maximum atomic E-state index is 13.4. The average Bonchev–Trinajstić information content (AvgIpc) is 3.13. The summed E-state index contributed by atoms with van der Waals surface area (Å²) in [6, 6.07) is 12.5. The Morgan fingerprint density at radius 2 is 1.58 bits per heavy atom. The van der Waals surface area contributed by atoms with Crippen LogP contribution in [0.5, 0.6) is 17.2 Å². The van der Waals surface area contributed by atoms with E-state index in [0.717, 1.165) is 23.1 Å². The number of phenolic OH excluding ortho intramolecular Hbond substituents is 1. The predicted octanol–water partition coefficient (Wildman–Crippen LogP) is 5.05. The van der Waals surface area contributed by atoms with Crippen molar-refractivity contribution in [3.05, 3.63) is 89.0 Å². The Morgan fingerprint density at radius 3 is 2.19 bits per heavy atom. The molecule has 4 rings (SSSR count). The minimum atomic E-state index is -4.68. The number of carbonyl (C=O) groups excluding carboxylic acids is 2. The maximum Gasteiger partial charge on any atom is 0.416 e. The topological polar surface area (TPSA) is 96.3 Å². The largest absolute Gasteiger partial charge is 0.508 e. The summed E-state index contributed by atoms with van der Waals surface area (Å²) in [5.74, 6) is -2.26. The minimum absolute atomic E-state index is 0.102. The van der Waals surface area contributed by atoms with Gasteiger partial charge in [0, 0.05) is 11.3 Å². The van der Waals surface area contributed by atoms with Crippen molar-refractivity contribution >= 4 is 23.1 Å². The number of alkyl halides is 3. The van der Waals surface area contributed by atoms with Crippen molar-refractivity contribution in [3.63, 3.8) is 0 Å². The molecule has 1 aliphatic heterocycles. The van der Waals surface area contributed by atoms with E-state index in [2.05, 4.69) is 0 Å². The van der Waals surface area contributed by atoms with Crippen molar-refractivity contribution in [3.8, 4) is 17.2 Å². The molecule has 0 aromatic heterocycles. The first kappa shape index (κ1) is 24.6. The Hall–Kier alpha value is -4.47. The van der Waals surface area contributed by atoms with Gasteiger partial charge in [-0.05, 0) is 54.1 Å². The van der Waals surface area contributed by atoms with E-state index in [1.54, 1.807) is 0 Å². The van der Waals surface area contributed by atoms with E-state index in [-0.39, 0.29) is 33.9 Å². The second-order valence-corrected chi connectivity index (χ2v) is 7.88. The smallest absolute Gasteiger partial charge is 0.416 e. The summed E-state index contributed by atoms with van der Waals surface area (Å²) in [7, 11) is 2.80. The second kappa shape index (κ2) is 9.29. The summed E-state index contributed by atoms with van der Waals surface area (Å²) in [6.07, 6.45) is -4.68. The van der Waals surface area contributed by atoms with Crippen LogP contribution in [0.3, 0.4) is 0 Å². The summed E-state index contributed by atoms with van der Waals surface area (Å²) in [4.78, 5) is 27.2. The van der Waals surface area contributed by atoms with Crippen molar-refractivity contribution in [2.24, 2.45) is 0 Å². The number of hydrogen-bond acceptors (Lipinski definition) is 6. The van der Waals surface area contributed by atoms with Crippen molar-refractivity contribution in [1.29, 1.82) is 0 Å². The lowest BCUT2D eigenvalue weighted by Crippen LogP contribution is -2.29. The van der Waals surface area contributed by atoms with Gasteiger partial charge < -0.3 is 19.7 Å². The van der Waals surface area contributed by atoms with Gasteiger partial charge in [0.1, 0.15) is 11.5 Å². The molecular weight excluding hydrogens is 479 g/mol. The predicted molar refractivity (Wildman–Crippen MR) is 124 cm³/mol. The van der Waals surface area contributed by atoms with E-state index >= 15 is 0 Å². The monoisotopic (exact) mass is 499 g/mol. The Morgan fingerprint density at radius 1 is 0.917 bits per heavy atom. The zero-order chi connectivity index (χ0) is 26.2. The highest BCUT2D eigenvalue weighted by Gasteiger charge is 2.47. The number of nitrogens with zero attached hydrogens (tertiary/aromatic N) is 1. The summed E-state index contributed by atoms with van der Waals surface area (Å²) in [5.41, 5.74) is -1.12. The van der Waals surface area contributed by atoms with Gasteiger partial charge in [-0.3, -0.25) is 14.5 Å². The number of halogens is 3. The molecule has 1 heterocycles. The van der Waals surface area contributed by atoms with Crippen molar-refractivity contribution in [2.75, 3.05) is 19.1 Å². The number of Topliss-reactive ketones (excluding diaryl/α,β-unsaturated/α-hetero) is 1. The fourth-order valence-electron chi connectivity index (χ4n) is 4.04. The van der Waals surface area contributed by atoms with Crippen molar-refractivity contribution < 1.29 is 42.4 Å². The molecule has 1 aliphatic rings. The van der Waals surface area contributed by atoms with Crippen LogP contribution >= 0.6 is 0 Å². The van der Waals surface area contributed by atoms with E-state index in [9.17, 15) is 33.0 Å². The van der Waals surface area contributed by atoms with E-state index in [1.807, 2.05) is 0 Å². The number of benzene rings is 3. The van der Waals surface area contributed by atoms with Crippen LogP contribution in [0.2, 0.25) is 0 Å². The van der Waals surface area contributed by atoms with Crippen LogP contribution in [0.15, 0.2) is 72.3 Å². The Kier molecular flexibility index (Phi) is 6.36. The van der Waals surface area contributed by atoms with Crippen LogP contribution in [0.25, 0.3) is 5.76 Å². The molecule has 1 unspecified atom stereocenters. The molecule has 0 aliphatic carbocycles. The molecule has 0 radical (unpaired) electrons. The van der Waals surface area contributed by atoms with Gasteiger partial charge in [0.05, 0.1) is 31.4 Å². The molecule has 0 spiro atoms. The standard InChI is InChI=1S/C26H20F3NO6/c1-35-19-11-8-15(12-20(19)36-2)23(32)21-22(14-6-9-18(31)10-7-14)30(25(34)24(21)33)17-5-3-4-16(13-17)26(27,28)29/h3-13,22,31-32H,1-2H3/b23-21+. The summed E-state index contributed by atoms with van der Waals surface area (Å²) in [5, 5.41) is 20.9. The normalized spacial score (nSPS) is 17.4. The van der Waals surface area contributed by atoms with Gasteiger partial charge in [0.2, 0.25) is 0 Å². The van der Waals surface area contributed by atoms with Crippen LogP contribution < -0.4 is 14.4 Å². The third-order valence-electron chi connectivity index (χ3n) is 5.76. The first-order valence-electron chi connectivity index (χ1n) is 10.6. The molecule has 0 saturated carbocycles. The number of rotatable bonds is 5. The number of anilines is 1. The Labute approximate surface area is 203 Å². The number of aliphatic hydroxyl groups excluding tert-OH is 1. The molecular formula is C26H20F3NO6. The number of aliphatic hydroxyl groups is 1. The van der Waals surface area contributed by atoms with Gasteiger partial charge in [-0.25, -0.2) is 0 Å². The summed E-state index contributed by atoms with van der Waals surface area (Å²) >= 11 is 0. The summed E-state index contributed by atoms with van der Waals surface area (Å²) < 4.78 is 50.6. The van der Waals surface area contributed by atoms with Gasteiger partial charge >= 0.3 is 6.18 Å². The molecule has 3 aromatic carbocycles. The number of carbonyl (C=O) groups is 2. The van der Waals surface area contributed by atoms with Crippen LogP contribution in [0.4, 0.5) is 18.9 Å². The lowest BCUT2D eigenvalue weighted by molar-refractivity contribution is -0.137. The molecule has 3 aromatic rings. The highest BCUT2D eigenvalue weighted by molar-refractivity contribution is 6.51. The lowest BCUT2D eigenvalue weighted by atomic mass is 9.95. The highest BCUT2D eigenvalue weighted by atomic mass is 19.4. The molecule has 1 fully saturated rings. The van der Waals surface area contributed by atoms with Gasteiger partial charge in [0.15, 0.2) is 11.5 Å². The highest BCUT2D eigenvalue weighted by Crippen LogP contribution is 2.44. The zero-order valence-corrected chi connectivity index (χ0v) is 19.0. The number of hydrogen-bond donors (Lipinski definition) is 2. The molecule has 1 saturated heterocycles. The first-order valence-corrected chi connectivity index (χ1v) is 10.6. The second-order valence-electron chi connectivity index (χ2n) is 7.88. The molecule has 186 valence electrons. The third-order valence-corrected chi connectivity index (χ3v) is 5.76.